The van der Waals surface area contributed by atoms with E-state index < -0.39 is 0 Å². The lowest BCUT2D eigenvalue weighted by atomic mass is 9.93. The second kappa shape index (κ2) is 12.0. The average Bonchev–Trinajstić information content (AvgIpc) is 2.94. The van der Waals surface area contributed by atoms with Gasteiger partial charge in [-0.3, -0.25) is 4.79 Å². The first-order chi connectivity index (χ1) is 18.9. The SMILES string of the molecule is COc1ccc(NC(=O)C2=C(C)N=C3SCCCN3C2c2ccc(NC(=O)Nc3ccccc3Br)cc2)cc1. The summed E-state index contributed by atoms with van der Waals surface area (Å²) in [6, 6.07) is 21.6. The molecule has 5 rings (SSSR count). The van der Waals surface area contributed by atoms with Gasteiger partial charge in [0.05, 0.1) is 30.1 Å². The van der Waals surface area contributed by atoms with Gasteiger partial charge in [-0.15, -0.1) is 0 Å². The number of methoxy groups -OCH3 is 1. The number of rotatable bonds is 6. The average molecular weight is 607 g/mol. The molecular weight excluding hydrogens is 578 g/mol. The summed E-state index contributed by atoms with van der Waals surface area (Å²) in [5.74, 6) is 1.52. The highest BCUT2D eigenvalue weighted by atomic mass is 79.9. The molecule has 2 heterocycles. The summed E-state index contributed by atoms with van der Waals surface area (Å²) in [4.78, 5) is 33.2. The molecule has 8 nitrogen and oxygen atoms in total. The number of urea groups is 1. The molecule has 200 valence electrons. The Kier molecular flexibility index (Phi) is 8.23. The molecule has 2 aliphatic heterocycles. The van der Waals surface area contributed by atoms with Crippen LogP contribution in [0.4, 0.5) is 21.9 Å². The number of fused-ring (bicyclic) bond motifs is 1. The number of anilines is 3. The first-order valence-electron chi connectivity index (χ1n) is 12.5. The third-order valence-electron chi connectivity index (χ3n) is 6.46. The first-order valence-corrected chi connectivity index (χ1v) is 14.3. The van der Waals surface area contributed by atoms with Crippen LogP contribution >= 0.6 is 27.7 Å². The molecule has 39 heavy (non-hydrogen) atoms. The summed E-state index contributed by atoms with van der Waals surface area (Å²) in [5, 5.41) is 9.68. The number of halogens is 1. The van der Waals surface area contributed by atoms with Crippen molar-refractivity contribution in [2.75, 3.05) is 35.4 Å². The Labute approximate surface area is 240 Å². The van der Waals surface area contributed by atoms with Gasteiger partial charge < -0.3 is 25.6 Å². The van der Waals surface area contributed by atoms with E-state index in [1.54, 1.807) is 18.9 Å². The molecule has 0 bridgehead atoms. The summed E-state index contributed by atoms with van der Waals surface area (Å²) >= 11 is 5.15. The van der Waals surface area contributed by atoms with Crippen molar-refractivity contribution in [1.82, 2.24) is 4.90 Å². The standard InChI is InChI=1S/C29H28BrN5O3S/c1-18-25(27(36)32-20-12-14-22(38-2)15-13-20)26(35-16-5-17-39-29(35)31-18)19-8-10-21(11-9-19)33-28(37)34-24-7-4-3-6-23(24)30/h3-4,6-15,26H,5,16-17H2,1-2H3,(H,32,36)(H2,33,34,37). The molecule has 3 amide bonds. The lowest BCUT2D eigenvalue weighted by molar-refractivity contribution is -0.113. The second-order valence-corrected chi connectivity index (χ2v) is 11.0. The number of carbonyl (C=O) groups excluding carboxylic acids is 2. The number of nitrogens with one attached hydrogen (secondary N) is 3. The number of thioether (sulfide) groups is 1. The van der Waals surface area contributed by atoms with E-state index in [4.69, 9.17) is 9.73 Å². The Balaban J connectivity index is 1.38. The first kappa shape index (κ1) is 26.8. The Bertz CT molecular complexity index is 1440. The number of hydrogen-bond donors (Lipinski definition) is 3. The molecule has 1 atom stereocenters. The van der Waals surface area contributed by atoms with Gasteiger partial charge in [0.15, 0.2) is 5.17 Å². The topological polar surface area (TPSA) is 95.1 Å². The molecule has 0 aromatic heterocycles. The Hall–Kier alpha value is -3.76. The second-order valence-electron chi connectivity index (χ2n) is 9.06. The summed E-state index contributed by atoms with van der Waals surface area (Å²) in [7, 11) is 1.61. The number of para-hydroxylation sites is 1. The molecule has 3 aromatic rings. The fraction of sp³-hybridized carbons (Fsp3) is 0.207. The number of amidine groups is 1. The summed E-state index contributed by atoms with van der Waals surface area (Å²) in [5.41, 5.74) is 4.24. The Morgan fingerprint density at radius 3 is 2.38 bits per heavy atom. The van der Waals surface area contributed by atoms with Crippen LogP contribution in [0.1, 0.15) is 24.9 Å². The van der Waals surface area contributed by atoms with Gasteiger partial charge in [0, 0.05) is 28.1 Å². The van der Waals surface area contributed by atoms with Gasteiger partial charge in [-0.2, -0.15) is 0 Å². The number of aliphatic imine (C=N–C) groups is 1. The smallest absolute Gasteiger partial charge is 0.323 e. The highest BCUT2D eigenvalue weighted by Gasteiger charge is 2.37. The zero-order valence-corrected chi connectivity index (χ0v) is 23.9. The van der Waals surface area contributed by atoms with E-state index >= 15 is 0 Å². The van der Waals surface area contributed by atoms with Gasteiger partial charge in [0.2, 0.25) is 0 Å². The van der Waals surface area contributed by atoms with Crippen LogP contribution in [-0.2, 0) is 4.79 Å². The Morgan fingerprint density at radius 2 is 1.67 bits per heavy atom. The molecule has 0 saturated carbocycles. The highest BCUT2D eigenvalue weighted by Crippen LogP contribution is 2.40. The van der Waals surface area contributed by atoms with Crippen molar-refractivity contribution in [3.63, 3.8) is 0 Å². The molecule has 0 aliphatic carbocycles. The van der Waals surface area contributed by atoms with Gasteiger partial charge in [-0.05, 0) is 83.4 Å². The van der Waals surface area contributed by atoms with Crippen LogP contribution in [-0.4, -0.2) is 41.4 Å². The Morgan fingerprint density at radius 1 is 0.974 bits per heavy atom. The monoisotopic (exact) mass is 605 g/mol. The predicted octanol–water partition coefficient (Wildman–Crippen LogP) is 6.86. The van der Waals surface area contributed by atoms with Crippen LogP contribution in [0.2, 0.25) is 0 Å². The third-order valence-corrected chi connectivity index (χ3v) is 8.23. The van der Waals surface area contributed by atoms with E-state index in [1.807, 2.05) is 79.7 Å². The largest absolute Gasteiger partial charge is 0.497 e. The van der Waals surface area contributed by atoms with E-state index in [0.717, 1.165) is 39.7 Å². The van der Waals surface area contributed by atoms with Crippen LogP contribution < -0.4 is 20.7 Å². The number of hydrogen-bond acceptors (Lipinski definition) is 6. The predicted molar refractivity (Wildman–Crippen MR) is 162 cm³/mol. The summed E-state index contributed by atoms with van der Waals surface area (Å²) in [6.45, 7) is 2.69. The molecular formula is C29H28BrN5O3S. The number of amides is 3. The van der Waals surface area contributed by atoms with Crippen LogP contribution in [0.5, 0.6) is 5.75 Å². The number of carbonyl (C=O) groups is 2. The number of allylic oxidation sites excluding steroid dienone is 1. The number of benzene rings is 3. The van der Waals surface area contributed by atoms with Crippen LogP contribution in [0.15, 0.2) is 93.5 Å². The molecule has 3 N–H and O–H groups in total. The normalized spacial score (nSPS) is 16.6. The zero-order valence-electron chi connectivity index (χ0n) is 21.5. The van der Waals surface area contributed by atoms with Crippen LogP contribution in [0.3, 0.4) is 0 Å². The minimum atomic E-state index is -0.343. The van der Waals surface area contributed by atoms with Crippen molar-refractivity contribution in [3.8, 4) is 5.75 Å². The van der Waals surface area contributed by atoms with Gasteiger partial charge in [0.25, 0.3) is 5.91 Å². The molecule has 0 radical (unpaired) electrons. The van der Waals surface area contributed by atoms with Crippen molar-refractivity contribution >= 4 is 61.9 Å². The molecule has 1 unspecified atom stereocenters. The van der Waals surface area contributed by atoms with E-state index in [1.165, 1.54) is 0 Å². The van der Waals surface area contributed by atoms with E-state index in [0.29, 0.717) is 28.3 Å². The third kappa shape index (κ3) is 6.12. The van der Waals surface area contributed by atoms with Crippen LogP contribution in [0.25, 0.3) is 0 Å². The van der Waals surface area contributed by atoms with Crippen molar-refractivity contribution in [1.29, 1.82) is 0 Å². The maximum Gasteiger partial charge on any atom is 0.323 e. The van der Waals surface area contributed by atoms with Gasteiger partial charge in [0.1, 0.15) is 5.75 Å². The number of nitrogens with zero attached hydrogens (tertiary/aromatic N) is 2. The van der Waals surface area contributed by atoms with E-state index in [9.17, 15) is 9.59 Å². The van der Waals surface area contributed by atoms with Crippen molar-refractivity contribution in [2.45, 2.75) is 19.4 Å². The molecule has 3 aromatic carbocycles. The van der Waals surface area contributed by atoms with Gasteiger partial charge in [-0.1, -0.05) is 36.0 Å². The summed E-state index contributed by atoms with van der Waals surface area (Å²) < 4.78 is 6.03. The highest BCUT2D eigenvalue weighted by molar-refractivity contribution is 9.10. The zero-order chi connectivity index (χ0) is 27.4. The molecule has 2 aliphatic rings. The van der Waals surface area contributed by atoms with E-state index in [-0.39, 0.29) is 18.0 Å². The molecule has 1 fully saturated rings. The van der Waals surface area contributed by atoms with Crippen LogP contribution in [0, 0.1) is 0 Å². The fourth-order valence-corrected chi connectivity index (χ4v) is 5.98. The minimum Gasteiger partial charge on any atom is -0.497 e. The maximum absolute atomic E-state index is 13.6. The lowest BCUT2D eigenvalue weighted by Gasteiger charge is -2.41. The van der Waals surface area contributed by atoms with Gasteiger partial charge in [-0.25, -0.2) is 9.79 Å². The minimum absolute atomic E-state index is 0.198. The maximum atomic E-state index is 13.6. The van der Waals surface area contributed by atoms with Gasteiger partial charge >= 0.3 is 6.03 Å². The van der Waals surface area contributed by atoms with Crippen molar-refractivity contribution in [3.05, 3.63) is 94.1 Å². The lowest BCUT2D eigenvalue weighted by Crippen LogP contribution is -2.43. The summed E-state index contributed by atoms with van der Waals surface area (Å²) in [6.07, 6.45) is 1.00. The quantitative estimate of drug-likeness (QED) is 0.285. The van der Waals surface area contributed by atoms with Crippen molar-refractivity contribution in [2.24, 2.45) is 4.99 Å². The molecule has 0 spiro atoms. The number of ether oxygens (including phenoxy) is 1. The molecule has 1 saturated heterocycles. The fourth-order valence-electron chi connectivity index (χ4n) is 4.57. The molecule has 10 heteroatoms. The van der Waals surface area contributed by atoms with E-state index in [2.05, 4.69) is 36.8 Å². The van der Waals surface area contributed by atoms with Crippen molar-refractivity contribution < 1.29 is 14.3 Å².